The summed E-state index contributed by atoms with van der Waals surface area (Å²) in [5, 5.41) is 0. The number of ether oxygens (including phenoxy) is 3. The third-order valence-electron chi connectivity index (χ3n) is 13.5. The predicted octanol–water partition coefficient (Wildman–Crippen LogP) is 20.6. The van der Waals surface area contributed by atoms with Crippen LogP contribution in [0.3, 0.4) is 0 Å². The second kappa shape index (κ2) is 58.9. The van der Waals surface area contributed by atoms with Crippen molar-refractivity contribution in [1.82, 2.24) is 0 Å². The van der Waals surface area contributed by atoms with Gasteiger partial charge in [-0.05, 0) is 103 Å². The molecular formula is C64H116O6. The maximum Gasteiger partial charge on any atom is 0.306 e. The van der Waals surface area contributed by atoms with Crippen molar-refractivity contribution in [2.75, 3.05) is 13.2 Å². The summed E-state index contributed by atoms with van der Waals surface area (Å²) >= 11 is 0. The van der Waals surface area contributed by atoms with E-state index in [1.165, 1.54) is 212 Å². The molecule has 0 radical (unpaired) electrons. The van der Waals surface area contributed by atoms with Crippen LogP contribution >= 0.6 is 0 Å². The Morgan fingerprint density at radius 1 is 0.286 bits per heavy atom. The number of esters is 3. The van der Waals surface area contributed by atoms with Crippen LogP contribution in [0, 0.1) is 0 Å². The van der Waals surface area contributed by atoms with E-state index in [9.17, 15) is 14.4 Å². The fourth-order valence-electron chi connectivity index (χ4n) is 8.88. The zero-order valence-corrected chi connectivity index (χ0v) is 46.8. The van der Waals surface area contributed by atoms with Gasteiger partial charge in [-0.3, -0.25) is 14.4 Å². The molecular weight excluding hydrogens is 865 g/mol. The Kier molecular flexibility index (Phi) is 56.7. The van der Waals surface area contributed by atoms with Gasteiger partial charge in [0.25, 0.3) is 0 Å². The molecule has 70 heavy (non-hydrogen) atoms. The molecule has 6 heteroatoms. The van der Waals surface area contributed by atoms with Gasteiger partial charge in [-0.2, -0.15) is 0 Å². The summed E-state index contributed by atoms with van der Waals surface area (Å²) in [6, 6.07) is 0. The minimum atomic E-state index is -0.779. The van der Waals surface area contributed by atoms with Gasteiger partial charge in [0.15, 0.2) is 6.10 Å². The van der Waals surface area contributed by atoms with Crippen molar-refractivity contribution in [2.24, 2.45) is 0 Å². The zero-order valence-electron chi connectivity index (χ0n) is 46.8. The van der Waals surface area contributed by atoms with E-state index in [4.69, 9.17) is 14.2 Å². The van der Waals surface area contributed by atoms with Crippen LogP contribution in [0.2, 0.25) is 0 Å². The SMILES string of the molecule is CCCCC/C=C\C/C=C\CCCCCCCCCCCC(=O)OC[C@@H](COC(=O)CCCCCCC/C=C\CCCCCCC)OC(=O)CCCCCCCCCCC/C=C\CCCCCCCC. The Bertz CT molecular complexity index is 1220. The lowest BCUT2D eigenvalue weighted by molar-refractivity contribution is -0.167. The fourth-order valence-corrected chi connectivity index (χ4v) is 8.88. The predicted molar refractivity (Wildman–Crippen MR) is 302 cm³/mol. The first-order valence-corrected chi connectivity index (χ1v) is 30.6. The van der Waals surface area contributed by atoms with Gasteiger partial charge in [-0.25, -0.2) is 0 Å². The molecule has 0 amide bonds. The number of hydrogen-bond acceptors (Lipinski definition) is 6. The average Bonchev–Trinajstić information content (AvgIpc) is 3.36. The molecule has 0 rings (SSSR count). The van der Waals surface area contributed by atoms with Gasteiger partial charge in [0.2, 0.25) is 0 Å². The molecule has 408 valence electrons. The van der Waals surface area contributed by atoms with Crippen LogP contribution in [0.1, 0.15) is 323 Å². The van der Waals surface area contributed by atoms with Gasteiger partial charge >= 0.3 is 17.9 Å². The minimum absolute atomic E-state index is 0.0768. The molecule has 1 atom stereocenters. The summed E-state index contributed by atoms with van der Waals surface area (Å²) in [5.74, 6) is -0.875. The number of rotatable bonds is 56. The maximum atomic E-state index is 12.9. The molecule has 0 saturated carbocycles. The molecule has 0 aliphatic heterocycles. The quantitative estimate of drug-likeness (QED) is 0.0261. The number of unbranched alkanes of at least 4 members (excludes halogenated alkanes) is 37. The third-order valence-corrected chi connectivity index (χ3v) is 13.5. The van der Waals surface area contributed by atoms with E-state index in [0.717, 1.165) is 70.6 Å². The molecule has 0 fully saturated rings. The summed E-state index contributed by atoms with van der Waals surface area (Å²) in [6.45, 7) is 6.63. The van der Waals surface area contributed by atoms with Crippen molar-refractivity contribution in [2.45, 2.75) is 329 Å². The zero-order chi connectivity index (χ0) is 50.7. The second-order valence-electron chi connectivity index (χ2n) is 20.6. The lowest BCUT2D eigenvalue weighted by Gasteiger charge is -2.18. The average molecular weight is 982 g/mol. The first-order chi connectivity index (χ1) is 34.5. The van der Waals surface area contributed by atoms with Crippen LogP contribution in [0.5, 0.6) is 0 Å². The molecule has 0 aliphatic carbocycles. The standard InChI is InChI=1S/C64H116O6/c1-4-7-10-13-16-19-22-25-28-30-32-34-36-39-42-45-48-51-54-57-63(66)69-60-61(59-68-62(65)56-53-50-47-44-41-38-27-24-21-18-15-12-9-6-3)70-64(67)58-55-52-49-46-43-40-37-35-33-31-29-26-23-20-17-14-11-8-5-2/h16,19,24-29,61H,4-15,17-18,20-23,30-60H2,1-3H3/b19-16-,27-24-,28-25-,29-26-/t61-/m1/s1. The van der Waals surface area contributed by atoms with Gasteiger partial charge < -0.3 is 14.2 Å². The topological polar surface area (TPSA) is 78.9 Å². The summed E-state index contributed by atoms with van der Waals surface area (Å²) in [7, 11) is 0. The van der Waals surface area contributed by atoms with E-state index in [1.807, 2.05) is 0 Å². The first kappa shape index (κ1) is 67.4. The smallest absolute Gasteiger partial charge is 0.306 e. The third kappa shape index (κ3) is 56.3. The molecule has 0 unspecified atom stereocenters. The Morgan fingerprint density at radius 2 is 0.514 bits per heavy atom. The van der Waals surface area contributed by atoms with Crippen LogP contribution < -0.4 is 0 Å². The normalized spacial score (nSPS) is 12.3. The molecule has 0 aliphatic rings. The largest absolute Gasteiger partial charge is 0.462 e. The summed E-state index contributed by atoms with van der Waals surface area (Å²) in [6.07, 6.45) is 72.4. The van der Waals surface area contributed by atoms with E-state index < -0.39 is 6.10 Å². The van der Waals surface area contributed by atoms with Crippen molar-refractivity contribution in [3.05, 3.63) is 48.6 Å². The van der Waals surface area contributed by atoms with Crippen LogP contribution in [-0.2, 0) is 28.6 Å². The van der Waals surface area contributed by atoms with Crippen molar-refractivity contribution in [3.63, 3.8) is 0 Å². The van der Waals surface area contributed by atoms with Crippen LogP contribution in [0.25, 0.3) is 0 Å². The highest BCUT2D eigenvalue weighted by Crippen LogP contribution is 2.16. The number of carbonyl (C=O) groups is 3. The number of hydrogen-bond donors (Lipinski definition) is 0. The molecule has 0 heterocycles. The highest BCUT2D eigenvalue weighted by molar-refractivity contribution is 5.71. The van der Waals surface area contributed by atoms with Crippen molar-refractivity contribution < 1.29 is 28.6 Å². The fraction of sp³-hybridized carbons (Fsp3) is 0.828. The molecule has 0 aromatic carbocycles. The molecule has 6 nitrogen and oxygen atoms in total. The van der Waals surface area contributed by atoms with Gasteiger partial charge in [-0.15, -0.1) is 0 Å². The van der Waals surface area contributed by atoms with E-state index in [1.54, 1.807) is 0 Å². The van der Waals surface area contributed by atoms with Crippen molar-refractivity contribution in [1.29, 1.82) is 0 Å². The van der Waals surface area contributed by atoms with Crippen molar-refractivity contribution >= 4 is 17.9 Å². The molecule has 0 bridgehead atoms. The van der Waals surface area contributed by atoms with Crippen molar-refractivity contribution in [3.8, 4) is 0 Å². The second-order valence-corrected chi connectivity index (χ2v) is 20.6. The summed E-state index contributed by atoms with van der Waals surface area (Å²) in [4.78, 5) is 38.2. The monoisotopic (exact) mass is 981 g/mol. The summed E-state index contributed by atoms with van der Waals surface area (Å²) in [5.41, 5.74) is 0. The Balaban J connectivity index is 4.35. The molecule has 0 N–H and O–H groups in total. The molecule has 0 aromatic rings. The van der Waals surface area contributed by atoms with E-state index in [-0.39, 0.29) is 31.1 Å². The Morgan fingerprint density at radius 3 is 0.829 bits per heavy atom. The molecule has 0 spiro atoms. The minimum Gasteiger partial charge on any atom is -0.462 e. The van der Waals surface area contributed by atoms with E-state index in [2.05, 4.69) is 69.4 Å². The first-order valence-electron chi connectivity index (χ1n) is 30.6. The Hall–Kier alpha value is -2.63. The molecule has 0 aromatic heterocycles. The van der Waals surface area contributed by atoms with Gasteiger partial charge in [0.05, 0.1) is 0 Å². The van der Waals surface area contributed by atoms with E-state index >= 15 is 0 Å². The van der Waals surface area contributed by atoms with Crippen LogP contribution in [0.4, 0.5) is 0 Å². The van der Waals surface area contributed by atoms with Gasteiger partial charge in [0.1, 0.15) is 13.2 Å². The lowest BCUT2D eigenvalue weighted by atomic mass is 10.1. The number of allylic oxidation sites excluding steroid dienone is 8. The van der Waals surface area contributed by atoms with Gasteiger partial charge in [0, 0.05) is 19.3 Å². The molecule has 0 saturated heterocycles. The highest BCUT2D eigenvalue weighted by atomic mass is 16.6. The highest BCUT2D eigenvalue weighted by Gasteiger charge is 2.19. The van der Waals surface area contributed by atoms with E-state index in [0.29, 0.717) is 19.3 Å². The summed E-state index contributed by atoms with van der Waals surface area (Å²) < 4.78 is 16.9. The van der Waals surface area contributed by atoms with Crippen LogP contribution in [-0.4, -0.2) is 37.2 Å². The maximum absolute atomic E-state index is 12.9. The van der Waals surface area contributed by atoms with Crippen LogP contribution in [0.15, 0.2) is 48.6 Å². The lowest BCUT2D eigenvalue weighted by Crippen LogP contribution is -2.30. The van der Waals surface area contributed by atoms with Gasteiger partial charge in [-0.1, -0.05) is 249 Å². The Labute approximate surface area is 435 Å². The number of carbonyl (C=O) groups excluding carboxylic acids is 3.